The number of aromatic nitrogens is 5. The van der Waals surface area contributed by atoms with Crippen molar-refractivity contribution in [2.24, 2.45) is 4.99 Å². The van der Waals surface area contributed by atoms with Crippen molar-refractivity contribution in [3.8, 4) is 11.9 Å². The fraction of sp³-hybridized carbons (Fsp3) is 0.292. The Kier molecular flexibility index (Phi) is 6.91. The lowest BCUT2D eigenvalue weighted by Crippen LogP contribution is -2.43. The number of fused-ring (bicyclic) bond motifs is 1. The smallest absolute Gasteiger partial charge is 0.326 e. The average Bonchev–Trinajstić information content (AvgIpc) is 3.45. The predicted molar refractivity (Wildman–Crippen MR) is 137 cm³/mol. The summed E-state index contributed by atoms with van der Waals surface area (Å²) in [4.78, 5) is 28.2. The summed E-state index contributed by atoms with van der Waals surface area (Å²) in [5.41, 5.74) is 1.70. The van der Waals surface area contributed by atoms with Gasteiger partial charge in [-0.1, -0.05) is 11.6 Å². The highest BCUT2D eigenvalue weighted by Crippen LogP contribution is 2.25. The molecular weight excluding hydrogens is 498 g/mol. The van der Waals surface area contributed by atoms with Gasteiger partial charge in [0, 0.05) is 30.4 Å². The summed E-state index contributed by atoms with van der Waals surface area (Å²) in [7, 11) is 0. The van der Waals surface area contributed by atoms with E-state index in [1.165, 1.54) is 0 Å². The molecule has 1 aliphatic rings. The molecule has 0 aliphatic carbocycles. The Balaban J connectivity index is 1.59. The second kappa shape index (κ2) is 10.4. The van der Waals surface area contributed by atoms with Crippen molar-refractivity contribution in [1.29, 1.82) is 5.26 Å². The first kappa shape index (κ1) is 24.5. The average molecular weight is 522 g/mol. The van der Waals surface area contributed by atoms with E-state index in [0.29, 0.717) is 58.2 Å². The van der Waals surface area contributed by atoms with Gasteiger partial charge in [-0.15, -0.1) is 0 Å². The molecule has 0 saturated carbocycles. The minimum Gasteiger partial charge on any atom is -0.493 e. The normalized spacial score (nSPS) is 16.2. The molecule has 1 atom stereocenters. The molecule has 4 aromatic rings. The highest BCUT2D eigenvalue weighted by Gasteiger charge is 2.17. The number of rotatable bonds is 6. The lowest BCUT2D eigenvalue weighted by molar-refractivity contribution is 0.0219. The van der Waals surface area contributed by atoms with Crippen LogP contribution in [0.1, 0.15) is 18.2 Å². The van der Waals surface area contributed by atoms with Gasteiger partial charge in [-0.2, -0.15) is 14.9 Å². The molecule has 13 heteroatoms. The zero-order valence-electron chi connectivity index (χ0n) is 19.9. The van der Waals surface area contributed by atoms with E-state index < -0.39 is 5.69 Å². The van der Waals surface area contributed by atoms with E-state index in [9.17, 15) is 9.90 Å². The van der Waals surface area contributed by atoms with Crippen LogP contribution in [0.3, 0.4) is 0 Å². The van der Waals surface area contributed by atoms with E-state index >= 15 is 0 Å². The number of H-pyrrole nitrogens is 2. The van der Waals surface area contributed by atoms with Crippen molar-refractivity contribution < 1.29 is 9.84 Å². The predicted octanol–water partition coefficient (Wildman–Crippen LogP) is 0.889. The molecule has 0 bridgehead atoms. The van der Waals surface area contributed by atoms with Gasteiger partial charge in [0.05, 0.1) is 48.3 Å². The fourth-order valence-electron chi connectivity index (χ4n) is 4.07. The molecule has 0 radical (unpaired) electrons. The number of halogens is 1. The molecule has 4 heterocycles. The van der Waals surface area contributed by atoms with Gasteiger partial charge in [0.1, 0.15) is 11.5 Å². The Morgan fingerprint density at radius 1 is 1.35 bits per heavy atom. The van der Waals surface area contributed by atoms with E-state index in [1.807, 2.05) is 0 Å². The van der Waals surface area contributed by atoms with Crippen LogP contribution in [0.15, 0.2) is 40.2 Å². The summed E-state index contributed by atoms with van der Waals surface area (Å²) < 4.78 is 7.05. The van der Waals surface area contributed by atoms with Crippen molar-refractivity contribution in [2.75, 3.05) is 38.2 Å². The van der Waals surface area contributed by atoms with Gasteiger partial charge in [0.2, 0.25) is 5.88 Å². The minimum absolute atomic E-state index is 0.194. The largest absolute Gasteiger partial charge is 0.493 e. The lowest BCUT2D eigenvalue weighted by Gasteiger charge is -2.31. The molecule has 0 spiro atoms. The maximum Gasteiger partial charge on any atom is 0.326 e. The molecule has 37 heavy (non-hydrogen) atoms. The summed E-state index contributed by atoms with van der Waals surface area (Å²) in [6.07, 6.45) is 3.15. The van der Waals surface area contributed by atoms with Crippen molar-refractivity contribution in [3.05, 3.63) is 67.9 Å². The van der Waals surface area contributed by atoms with Crippen LogP contribution in [0.4, 0.5) is 11.5 Å². The first-order valence-electron chi connectivity index (χ1n) is 11.6. The van der Waals surface area contributed by atoms with E-state index in [0.717, 1.165) is 13.1 Å². The van der Waals surface area contributed by atoms with Crippen LogP contribution in [0.2, 0.25) is 5.02 Å². The maximum absolute atomic E-state index is 11.6. The first-order valence-corrected chi connectivity index (χ1v) is 12.0. The third-order valence-electron chi connectivity index (χ3n) is 6.06. The van der Waals surface area contributed by atoms with Crippen LogP contribution in [-0.2, 0) is 4.74 Å². The molecule has 4 N–H and O–H groups in total. The van der Waals surface area contributed by atoms with Crippen LogP contribution in [0.25, 0.3) is 11.7 Å². The second-order valence-corrected chi connectivity index (χ2v) is 9.00. The summed E-state index contributed by atoms with van der Waals surface area (Å²) in [5, 5.41) is 27.7. The Hall–Kier alpha value is -4.18. The molecule has 1 unspecified atom stereocenters. The van der Waals surface area contributed by atoms with Gasteiger partial charge in [-0.3, -0.25) is 14.9 Å². The van der Waals surface area contributed by atoms with Crippen LogP contribution < -0.4 is 21.7 Å². The van der Waals surface area contributed by atoms with Crippen molar-refractivity contribution >= 4 is 34.8 Å². The molecule has 3 aromatic heterocycles. The van der Waals surface area contributed by atoms with Gasteiger partial charge < -0.3 is 20.1 Å². The summed E-state index contributed by atoms with van der Waals surface area (Å²) in [6.45, 7) is 5.76. The van der Waals surface area contributed by atoms with Crippen LogP contribution >= 0.6 is 11.6 Å². The lowest BCUT2D eigenvalue weighted by atomic mass is 10.2. The Morgan fingerprint density at radius 3 is 2.86 bits per heavy atom. The van der Waals surface area contributed by atoms with Crippen molar-refractivity contribution in [1.82, 2.24) is 29.5 Å². The fourth-order valence-corrected chi connectivity index (χ4v) is 4.30. The quantitative estimate of drug-likeness (QED) is 0.291. The number of nitriles is 1. The van der Waals surface area contributed by atoms with Crippen LogP contribution in [-0.4, -0.2) is 73.5 Å². The van der Waals surface area contributed by atoms with E-state index in [4.69, 9.17) is 26.6 Å². The number of morpholine rings is 1. The van der Waals surface area contributed by atoms with Gasteiger partial charge in [-0.25, -0.2) is 9.78 Å². The van der Waals surface area contributed by atoms with Gasteiger partial charge in [0.15, 0.2) is 11.1 Å². The molecular formula is C24H24ClN9O3. The van der Waals surface area contributed by atoms with Gasteiger partial charge in [-0.05, 0) is 31.2 Å². The van der Waals surface area contributed by atoms with Crippen LogP contribution in [0.5, 0.6) is 5.88 Å². The maximum atomic E-state index is 11.6. The first-order chi connectivity index (χ1) is 17.9. The zero-order chi connectivity index (χ0) is 25.9. The Morgan fingerprint density at radius 2 is 2.16 bits per heavy atom. The molecule has 5 rings (SSSR count). The van der Waals surface area contributed by atoms with Gasteiger partial charge in [0.25, 0.3) is 0 Å². The number of nitrogens with zero attached hydrogens (tertiary/aromatic N) is 6. The monoisotopic (exact) mass is 521 g/mol. The number of imidazole rings is 1. The number of ether oxygens (including phenoxy) is 1. The van der Waals surface area contributed by atoms with Crippen LogP contribution in [0, 0.1) is 11.3 Å². The van der Waals surface area contributed by atoms with Crippen molar-refractivity contribution in [3.63, 3.8) is 0 Å². The Labute approximate surface area is 215 Å². The number of aromatic hydroxyl groups is 1. The number of anilines is 2. The number of hydrogen-bond acceptors (Lipinski definition) is 9. The number of hydrogen-bond donors (Lipinski definition) is 4. The Bertz CT molecular complexity index is 1660. The van der Waals surface area contributed by atoms with Gasteiger partial charge >= 0.3 is 5.69 Å². The molecule has 0 amide bonds. The summed E-state index contributed by atoms with van der Waals surface area (Å²) >= 11 is 6.37. The molecule has 1 saturated heterocycles. The minimum atomic E-state index is -0.529. The molecule has 1 fully saturated rings. The number of aromatic amines is 2. The molecule has 12 nitrogen and oxygen atoms in total. The molecule has 190 valence electrons. The van der Waals surface area contributed by atoms with E-state index in [-0.39, 0.29) is 17.6 Å². The zero-order valence-corrected chi connectivity index (χ0v) is 20.7. The molecule has 1 aromatic carbocycles. The highest BCUT2D eigenvalue weighted by atomic mass is 35.5. The topological polar surface area (TPSA) is 160 Å². The third kappa shape index (κ3) is 5.34. The van der Waals surface area contributed by atoms with E-state index in [2.05, 4.69) is 43.3 Å². The summed E-state index contributed by atoms with van der Waals surface area (Å²) in [6, 6.07) is 8.95. The second-order valence-electron chi connectivity index (χ2n) is 8.59. The number of benzene rings is 1. The number of nitrogens with one attached hydrogen (secondary N) is 3. The third-order valence-corrected chi connectivity index (χ3v) is 6.38. The SMILES string of the molecule is CC(CN=c1cc(Nc2ccc(C#N)cc2Cl)nc2c(=Cc3[nH]c(=O)[nH]c3O)cnn12)N1CCOCC1. The van der Waals surface area contributed by atoms with Crippen molar-refractivity contribution in [2.45, 2.75) is 13.0 Å². The molecule has 1 aliphatic heterocycles. The summed E-state index contributed by atoms with van der Waals surface area (Å²) in [5.74, 6) is 0.172. The standard InChI is InChI=1S/C24H24ClN9O3/c1-14(33-4-6-37-7-5-33)12-27-21-10-20(29-18-3-2-15(11-26)8-17(18)25)31-22-16(13-28-34(21)22)9-19-23(35)32-24(36)30-19/h2-3,8-10,13-14,29,35H,4-7,12H2,1H3,(H2,30,32,36). The highest BCUT2D eigenvalue weighted by molar-refractivity contribution is 6.33. The van der Waals surface area contributed by atoms with E-state index in [1.54, 1.807) is 41.1 Å².